The molecular weight excluding hydrogens is 1000 g/mol. The molecule has 1 aliphatic rings. The van der Waals surface area contributed by atoms with E-state index >= 15 is 19.2 Å². The minimum atomic E-state index is -3.85. The van der Waals surface area contributed by atoms with E-state index in [1.54, 1.807) is 0 Å². The van der Waals surface area contributed by atoms with E-state index in [-0.39, 0.29) is 51.4 Å². The number of Topliss-reactive ketones (excluding diaryl/α,β-unsaturated/α-hetero) is 4. The molecule has 6 atom stereocenters. The minimum Gasteiger partial charge on any atom is -0.504 e. The Morgan fingerprint density at radius 3 is 0.800 bits per heavy atom. The molecule has 0 aromatic rings. The zero-order valence-electron chi connectivity index (χ0n) is 53.5. The van der Waals surface area contributed by atoms with Crippen molar-refractivity contribution in [2.45, 2.75) is 380 Å². The van der Waals surface area contributed by atoms with Gasteiger partial charge in [0, 0.05) is 23.7 Å². The number of ketones is 4. The first-order valence-corrected chi connectivity index (χ1v) is 34.7. The molecule has 0 fully saturated rings. The average Bonchev–Trinajstić information content (AvgIpc) is 3.70. The number of carbonyl (C=O) groups excluding carboxylic acids is 5. The van der Waals surface area contributed by atoms with E-state index in [9.17, 15) is 25.2 Å². The lowest BCUT2D eigenvalue weighted by atomic mass is 9.55. The molecule has 0 amide bonds. The third-order valence-electron chi connectivity index (χ3n) is 18.2. The summed E-state index contributed by atoms with van der Waals surface area (Å²) in [5.41, 5.74) is -11.0. The van der Waals surface area contributed by atoms with Crippen molar-refractivity contribution in [2.75, 3.05) is 0 Å². The zero-order chi connectivity index (χ0) is 59.5. The van der Waals surface area contributed by atoms with Crippen molar-refractivity contribution in [2.24, 2.45) is 23.7 Å². The van der Waals surface area contributed by atoms with Crippen LogP contribution in [0.3, 0.4) is 0 Å². The Balaban J connectivity index is 4.84. The van der Waals surface area contributed by atoms with Crippen molar-refractivity contribution < 1.29 is 49.1 Å². The lowest BCUT2D eigenvalue weighted by molar-refractivity contribution is -0.234. The lowest BCUT2D eigenvalue weighted by Gasteiger charge is -2.51. The molecule has 0 radical (unpaired) electrons. The van der Waals surface area contributed by atoms with Crippen LogP contribution in [0.4, 0.5) is 0 Å². The van der Waals surface area contributed by atoms with E-state index in [2.05, 4.69) is 55.4 Å². The monoisotopic (exact) mass is 1130 g/mol. The fraction of sp³-hybridized carbons (Fsp3) is 0.900. The molecule has 0 aromatic heterocycles. The quantitative estimate of drug-likeness (QED) is 0.0261. The van der Waals surface area contributed by atoms with Gasteiger partial charge >= 0.3 is 5.97 Å². The van der Waals surface area contributed by atoms with Gasteiger partial charge in [0.25, 0.3) is 5.60 Å². The molecule has 0 saturated carbocycles. The summed E-state index contributed by atoms with van der Waals surface area (Å²) in [7, 11) is 0. The molecule has 0 bridgehead atoms. The second-order valence-corrected chi connectivity index (χ2v) is 25.1. The Bertz CT molecular complexity index is 1630. The number of hydrogen-bond donors (Lipinski definition) is 4. The number of unbranched alkanes of at least 4 members (excludes halogenated alkanes) is 32. The van der Waals surface area contributed by atoms with Gasteiger partial charge < -0.3 is 25.2 Å². The van der Waals surface area contributed by atoms with Gasteiger partial charge in [0.05, 0.1) is 0 Å². The highest BCUT2D eigenvalue weighted by Gasteiger charge is 2.81. The number of aliphatic hydroxyl groups excluding tert-OH is 2. The Kier molecular flexibility index (Phi) is 43.2. The summed E-state index contributed by atoms with van der Waals surface area (Å²) in [6.07, 6.45) is 36.7. The van der Waals surface area contributed by atoms with Gasteiger partial charge in [0.1, 0.15) is 0 Å². The molecule has 4 unspecified atom stereocenters. The summed E-state index contributed by atoms with van der Waals surface area (Å²) in [4.78, 5) is 81.1. The first-order chi connectivity index (χ1) is 38.7. The highest BCUT2D eigenvalue weighted by Crippen LogP contribution is 2.53. The smallest absolute Gasteiger partial charge is 0.378 e. The van der Waals surface area contributed by atoms with Crippen LogP contribution in [0.1, 0.15) is 364 Å². The van der Waals surface area contributed by atoms with Gasteiger partial charge in [-0.25, -0.2) is 4.79 Å². The fourth-order valence-corrected chi connectivity index (χ4v) is 12.9. The van der Waals surface area contributed by atoms with E-state index in [4.69, 9.17) is 4.74 Å². The van der Waals surface area contributed by atoms with Crippen LogP contribution in [0, 0.1) is 23.7 Å². The molecule has 10 nitrogen and oxygen atoms in total. The third kappa shape index (κ3) is 24.6. The van der Waals surface area contributed by atoms with Crippen LogP contribution in [-0.2, 0) is 28.7 Å². The predicted octanol–water partition coefficient (Wildman–Crippen LogP) is 19.7. The van der Waals surface area contributed by atoms with Crippen molar-refractivity contribution in [3.05, 3.63) is 11.5 Å². The summed E-state index contributed by atoms with van der Waals surface area (Å²) in [6, 6.07) is 0. The average molecular weight is 1130 g/mol. The summed E-state index contributed by atoms with van der Waals surface area (Å²) in [5, 5.41) is 54.0. The van der Waals surface area contributed by atoms with Crippen LogP contribution in [0.25, 0.3) is 0 Å². The number of aliphatic hydroxyl groups is 4. The highest BCUT2D eigenvalue weighted by molar-refractivity contribution is 6.21. The Hall–Kier alpha value is -2.59. The molecule has 468 valence electrons. The van der Waals surface area contributed by atoms with E-state index in [0.717, 1.165) is 205 Å². The van der Waals surface area contributed by atoms with Gasteiger partial charge in [-0.1, -0.05) is 312 Å². The van der Waals surface area contributed by atoms with Crippen LogP contribution < -0.4 is 0 Å². The number of cyclic esters (lactones) is 1. The van der Waals surface area contributed by atoms with E-state index in [1.165, 1.54) is 0 Å². The Morgan fingerprint density at radius 2 is 0.562 bits per heavy atom. The molecule has 0 spiro atoms. The maximum Gasteiger partial charge on any atom is 0.378 e. The molecule has 1 aliphatic heterocycles. The largest absolute Gasteiger partial charge is 0.504 e. The van der Waals surface area contributed by atoms with Crippen molar-refractivity contribution in [3.8, 4) is 0 Å². The first-order valence-electron chi connectivity index (χ1n) is 34.7. The predicted molar refractivity (Wildman–Crippen MR) is 332 cm³/mol. The van der Waals surface area contributed by atoms with Crippen LogP contribution >= 0.6 is 0 Å². The molecule has 0 saturated heterocycles. The Morgan fingerprint density at radius 1 is 0.350 bits per heavy atom. The van der Waals surface area contributed by atoms with Crippen LogP contribution in [0.5, 0.6) is 0 Å². The van der Waals surface area contributed by atoms with Crippen molar-refractivity contribution in [1.29, 1.82) is 0 Å². The van der Waals surface area contributed by atoms with Crippen molar-refractivity contribution in [1.82, 2.24) is 0 Å². The zero-order valence-corrected chi connectivity index (χ0v) is 53.5. The molecule has 1 heterocycles. The van der Waals surface area contributed by atoms with E-state index in [0.29, 0.717) is 51.4 Å². The number of ether oxygens (including phenoxy) is 1. The molecule has 0 aliphatic carbocycles. The standard InChI is InChI=1S/C70H128O10/c1-9-17-25-33-37-45-51-57(49-41-29-21-13-5)62(72)68(78,63(73)58(50-42-30-22-14-6)52-46-38-34-26-18-10-2)70(79,65(75)60(55-44-32-24-16-8)56-48-40-36-28-20-12-4)69(66(76)61(71)67(77)80-69)64(74)59(53-43-31-23-15-7)54-47-39-35-27-19-11-3/h57-60,71,76,78-79H,9-56H2,1-8H3/t57?,58?,59?,60?,68?,69-,70-/m0/s1. The van der Waals surface area contributed by atoms with Gasteiger partial charge in [-0.05, 0) is 51.4 Å². The molecule has 4 N–H and O–H groups in total. The van der Waals surface area contributed by atoms with Crippen molar-refractivity contribution >= 4 is 29.1 Å². The molecule has 0 aromatic carbocycles. The molecule has 80 heavy (non-hydrogen) atoms. The number of rotatable bonds is 58. The van der Waals surface area contributed by atoms with Gasteiger partial charge in [0.2, 0.25) is 17.0 Å². The second-order valence-electron chi connectivity index (χ2n) is 25.1. The number of carbonyl (C=O) groups is 5. The van der Waals surface area contributed by atoms with Gasteiger partial charge in [-0.2, -0.15) is 0 Å². The number of esters is 1. The van der Waals surface area contributed by atoms with Gasteiger partial charge in [-0.3, -0.25) is 19.2 Å². The van der Waals surface area contributed by atoms with Crippen molar-refractivity contribution in [3.63, 3.8) is 0 Å². The maximum atomic E-state index is 16.9. The topological polar surface area (TPSA) is 175 Å². The normalized spacial score (nSPS) is 17.7. The molecular formula is C70H128O10. The first kappa shape index (κ1) is 75.4. The van der Waals surface area contributed by atoms with Crippen LogP contribution in [0.15, 0.2) is 11.5 Å². The molecule has 1 rings (SSSR count). The summed E-state index contributed by atoms with van der Waals surface area (Å²) in [5.74, 6) is -12.7. The maximum absolute atomic E-state index is 16.9. The SMILES string of the molecule is CCCCCCCCC(CCCCCC)C(=O)C(O)(C(=O)C(CCCCCC)CCCCCCCC)[C@@](O)(C(=O)C(CCCCCC)CCCCCCCC)[C@@]1(C(=O)C(CCCCCC)CCCCCCCC)OC(=O)C(O)=C1O. The van der Waals surface area contributed by atoms with Gasteiger partial charge in [-0.15, -0.1) is 0 Å². The molecule has 10 heteroatoms. The summed E-state index contributed by atoms with van der Waals surface area (Å²) >= 11 is 0. The summed E-state index contributed by atoms with van der Waals surface area (Å²) < 4.78 is 6.16. The Labute approximate surface area is 491 Å². The van der Waals surface area contributed by atoms with E-state index < -0.39 is 81.1 Å². The third-order valence-corrected chi connectivity index (χ3v) is 18.2. The second kappa shape index (κ2) is 45.8. The van der Waals surface area contributed by atoms with E-state index in [1.807, 2.05) is 0 Å². The highest BCUT2D eigenvalue weighted by atomic mass is 16.6. The lowest BCUT2D eigenvalue weighted by Crippen LogP contribution is -2.81. The minimum absolute atomic E-state index is 0.220. The van der Waals surface area contributed by atoms with Gasteiger partial charge in [0.15, 0.2) is 28.9 Å². The van der Waals surface area contributed by atoms with Crippen LogP contribution in [-0.4, -0.2) is 66.3 Å². The summed E-state index contributed by atoms with van der Waals surface area (Å²) in [6.45, 7) is 17.0. The van der Waals surface area contributed by atoms with Crippen LogP contribution in [0.2, 0.25) is 0 Å². The fourth-order valence-electron chi connectivity index (χ4n) is 12.9. The number of hydrogen-bond acceptors (Lipinski definition) is 10.